The second kappa shape index (κ2) is 7.97. The molecule has 0 aliphatic rings. The lowest BCUT2D eigenvalue weighted by Crippen LogP contribution is -2.29. The molecule has 1 rings (SSSR count). The zero-order valence-electron chi connectivity index (χ0n) is 14.6. The Balaban J connectivity index is 3.00. The number of anilines is 2. The largest absolute Gasteiger partial charge is 0.390 e. The van der Waals surface area contributed by atoms with E-state index < -0.39 is 5.60 Å². The molecule has 1 amide bonds. The smallest absolute Gasteiger partial charge is 0.226 e. The van der Waals surface area contributed by atoms with E-state index in [1.165, 1.54) is 6.34 Å². The summed E-state index contributed by atoms with van der Waals surface area (Å²) in [6.45, 7) is 7.85. The number of carbonyl (C=O) groups is 1. The van der Waals surface area contributed by atoms with Crippen molar-refractivity contribution >= 4 is 29.3 Å². The average molecular weight is 320 g/mol. The van der Waals surface area contributed by atoms with E-state index in [2.05, 4.69) is 10.3 Å². The van der Waals surface area contributed by atoms with E-state index in [1.807, 2.05) is 26.0 Å². The van der Waals surface area contributed by atoms with Crippen LogP contribution in [0, 0.1) is 5.92 Å². The predicted octanol–water partition coefficient (Wildman–Crippen LogP) is 2.50. The third-order valence-corrected chi connectivity index (χ3v) is 3.25. The molecule has 0 spiro atoms. The monoisotopic (exact) mass is 320 g/mol. The van der Waals surface area contributed by atoms with Gasteiger partial charge in [-0.25, -0.2) is 4.99 Å². The Labute approximate surface area is 138 Å². The number of aliphatic imine (C=N–C) groups is 1. The number of hydrogen-bond donors (Lipinski definition) is 3. The van der Waals surface area contributed by atoms with Crippen LogP contribution >= 0.6 is 0 Å². The first-order valence-electron chi connectivity index (χ1n) is 7.75. The summed E-state index contributed by atoms with van der Waals surface area (Å²) >= 11 is 0. The van der Waals surface area contributed by atoms with Crippen LogP contribution in [0.4, 0.5) is 17.1 Å². The van der Waals surface area contributed by atoms with Crippen molar-refractivity contribution in [2.24, 2.45) is 16.6 Å². The standard InChI is InChI=1S/C17H28N4O2/c1-12(2)8-16(22)21(5)13-6-7-14(15(9-13)20-11-18)19-10-17(3,4)23/h6-7,9,11-12,19,23H,8,10H2,1-5H3,(H2,18,20). The highest BCUT2D eigenvalue weighted by Crippen LogP contribution is 2.30. The van der Waals surface area contributed by atoms with Gasteiger partial charge in [0.15, 0.2) is 0 Å². The molecule has 6 nitrogen and oxygen atoms in total. The van der Waals surface area contributed by atoms with Crippen molar-refractivity contribution in [2.75, 3.05) is 23.8 Å². The topological polar surface area (TPSA) is 91.0 Å². The Bertz CT molecular complexity index is 562. The second-order valence-corrected chi connectivity index (χ2v) is 6.70. The number of carbonyl (C=O) groups excluding carboxylic acids is 1. The second-order valence-electron chi connectivity index (χ2n) is 6.70. The molecule has 0 aliphatic heterocycles. The molecule has 6 heteroatoms. The van der Waals surface area contributed by atoms with Gasteiger partial charge in [-0.15, -0.1) is 0 Å². The summed E-state index contributed by atoms with van der Waals surface area (Å²) in [5, 5.41) is 13.0. The molecule has 0 aliphatic carbocycles. The van der Waals surface area contributed by atoms with E-state index in [4.69, 9.17) is 5.73 Å². The van der Waals surface area contributed by atoms with Gasteiger partial charge in [0.2, 0.25) is 5.91 Å². The summed E-state index contributed by atoms with van der Waals surface area (Å²) in [5.74, 6) is 0.360. The lowest BCUT2D eigenvalue weighted by Gasteiger charge is -2.22. The van der Waals surface area contributed by atoms with E-state index >= 15 is 0 Å². The molecule has 4 N–H and O–H groups in total. The molecule has 0 fully saturated rings. The van der Waals surface area contributed by atoms with Crippen molar-refractivity contribution in [1.29, 1.82) is 0 Å². The van der Waals surface area contributed by atoms with Gasteiger partial charge in [-0.3, -0.25) is 4.79 Å². The molecule has 0 saturated carbocycles. The average Bonchev–Trinajstić information content (AvgIpc) is 2.43. The van der Waals surface area contributed by atoms with Gasteiger partial charge in [-0.05, 0) is 38.0 Å². The van der Waals surface area contributed by atoms with Crippen molar-refractivity contribution in [3.63, 3.8) is 0 Å². The maximum absolute atomic E-state index is 12.2. The number of amides is 1. The van der Waals surface area contributed by atoms with Crippen molar-refractivity contribution in [3.05, 3.63) is 18.2 Å². The van der Waals surface area contributed by atoms with Crippen LogP contribution in [-0.2, 0) is 4.79 Å². The third-order valence-electron chi connectivity index (χ3n) is 3.25. The highest BCUT2D eigenvalue weighted by molar-refractivity contribution is 5.94. The number of nitrogens with zero attached hydrogens (tertiary/aromatic N) is 2. The summed E-state index contributed by atoms with van der Waals surface area (Å²) in [6, 6.07) is 5.48. The van der Waals surface area contributed by atoms with E-state index in [9.17, 15) is 9.90 Å². The van der Waals surface area contributed by atoms with Gasteiger partial charge in [0.1, 0.15) is 0 Å². The molecule has 23 heavy (non-hydrogen) atoms. The number of aliphatic hydroxyl groups is 1. The Kier molecular flexibility index (Phi) is 6.57. The minimum absolute atomic E-state index is 0.0554. The zero-order chi connectivity index (χ0) is 17.6. The summed E-state index contributed by atoms with van der Waals surface area (Å²) < 4.78 is 0. The van der Waals surface area contributed by atoms with Crippen LogP contribution in [0.3, 0.4) is 0 Å². The quantitative estimate of drug-likeness (QED) is 0.532. The fraction of sp³-hybridized carbons (Fsp3) is 0.529. The van der Waals surface area contributed by atoms with Crippen molar-refractivity contribution in [1.82, 2.24) is 0 Å². The predicted molar refractivity (Wildman–Crippen MR) is 96.4 cm³/mol. The summed E-state index contributed by atoms with van der Waals surface area (Å²) in [5.41, 5.74) is 6.70. The molecule has 0 radical (unpaired) electrons. The Morgan fingerprint density at radius 1 is 1.48 bits per heavy atom. The summed E-state index contributed by atoms with van der Waals surface area (Å²) in [7, 11) is 1.75. The van der Waals surface area contributed by atoms with Gasteiger partial charge in [-0.1, -0.05) is 13.8 Å². The van der Waals surface area contributed by atoms with Gasteiger partial charge in [-0.2, -0.15) is 0 Å². The molecule has 0 atom stereocenters. The number of rotatable bonds is 7. The first-order chi connectivity index (χ1) is 10.6. The highest BCUT2D eigenvalue weighted by atomic mass is 16.3. The zero-order valence-corrected chi connectivity index (χ0v) is 14.6. The van der Waals surface area contributed by atoms with Crippen molar-refractivity contribution in [3.8, 4) is 0 Å². The Morgan fingerprint density at radius 2 is 2.13 bits per heavy atom. The van der Waals surface area contributed by atoms with Crippen LogP contribution in [-0.4, -0.2) is 36.5 Å². The molecule has 0 heterocycles. The maximum atomic E-state index is 12.2. The molecular weight excluding hydrogens is 292 g/mol. The van der Waals surface area contributed by atoms with Gasteiger partial charge in [0.25, 0.3) is 0 Å². The van der Waals surface area contributed by atoms with Crippen LogP contribution in [0.2, 0.25) is 0 Å². The fourth-order valence-electron chi connectivity index (χ4n) is 2.01. The highest BCUT2D eigenvalue weighted by Gasteiger charge is 2.16. The third kappa shape index (κ3) is 6.28. The molecule has 1 aromatic carbocycles. The number of nitrogens with one attached hydrogen (secondary N) is 1. The minimum atomic E-state index is -0.841. The van der Waals surface area contributed by atoms with Crippen LogP contribution < -0.4 is 16.0 Å². The van der Waals surface area contributed by atoms with Crippen molar-refractivity contribution < 1.29 is 9.90 Å². The Hall–Kier alpha value is -2.08. The molecule has 0 saturated heterocycles. The van der Waals surface area contributed by atoms with Crippen LogP contribution in [0.25, 0.3) is 0 Å². The lowest BCUT2D eigenvalue weighted by molar-refractivity contribution is -0.119. The molecular formula is C17H28N4O2. The van der Waals surface area contributed by atoms with Crippen molar-refractivity contribution in [2.45, 2.75) is 39.7 Å². The van der Waals surface area contributed by atoms with E-state index in [0.717, 1.165) is 11.4 Å². The number of hydrogen-bond acceptors (Lipinski definition) is 4. The molecule has 0 aromatic heterocycles. The number of benzene rings is 1. The summed E-state index contributed by atoms with van der Waals surface area (Å²) in [4.78, 5) is 17.9. The maximum Gasteiger partial charge on any atom is 0.226 e. The molecule has 1 aromatic rings. The Morgan fingerprint density at radius 3 is 2.65 bits per heavy atom. The van der Waals surface area contributed by atoms with Crippen LogP contribution in [0.1, 0.15) is 34.1 Å². The van der Waals surface area contributed by atoms with Gasteiger partial charge in [0.05, 0.1) is 23.3 Å². The van der Waals surface area contributed by atoms with Crippen LogP contribution in [0.5, 0.6) is 0 Å². The molecule has 0 unspecified atom stereocenters. The molecule has 128 valence electrons. The van der Waals surface area contributed by atoms with Gasteiger partial charge in [0, 0.05) is 25.7 Å². The lowest BCUT2D eigenvalue weighted by atomic mass is 10.1. The SMILES string of the molecule is CC(C)CC(=O)N(C)c1ccc(NCC(C)(C)O)c(N=CN)c1. The summed E-state index contributed by atoms with van der Waals surface area (Å²) in [6.07, 6.45) is 1.70. The fourth-order valence-corrected chi connectivity index (χ4v) is 2.01. The van der Waals surface area contributed by atoms with E-state index in [-0.39, 0.29) is 5.91 Å². The van der Waals surface area contributed by atoms with Gasteiger partial charge >= 0.3 is 0 Å². The first kappa shape index (κ1) is 19.0. The van der Waals surface area contributed by atoms with Gasteiger partial charge < -0.3 is 21.1 Å². The minimum Gasteiger partial charge on any atom is -0.390 e. The number of nitrogens with two attached hydrogens (primary N) is 1. The van der Waals surface area contributed by atoms with E-state index in [1.54, 1.807) is 31.9 Å². The van der Waals surface area contributed by atoms with E-state index in [0.29, 0.717) is 24.6 Å². The normalized spacial score (nSPS) is 12.0. The first-order valence-corrected chi connectivity index (χ1v) is 7.75. The van der Waals surface area contributed by atoms with Crippen LogP contribution in [0.15, 0.2) is 23.2 Å². The molecule has 0 bridgehead atoms.